The first-order valence-electron chi connectivity index (χ1n) is 8.52. The molecular weight excluding hydrogens is 316 g/mol. The molecular formula is C19H20N4O2. The summed E-state index contributed by atoms with van der Waals surface area (Å²) in [7, 11) is 1.37. The van der Waals surface area contributed by atoms with Gasteiger partial charge in [0.1, 0.15) is 5.65 Å². The molecule has 0 spiro atoms. The average Bonchev–Trinajstić information content (AvgIpc) is 3.16. The Bertz CT molecular complexity index is 891. The van der Waals surface area contributed by atoms with Gasteiger partial charge in [0.05, 0.1) is 13.2 Å². The molecule has 2 aromatic heterocycles. The first-order chi connectivity index (χ1) is 12.3. The Morgan fingerprint density at radius 1 is 1.24 bits per heavy atom. The normalized spacial score (nSPS) is 17.6. The number of carbonyl (C=O) groups is 1. The monoisotopic (exact) mass is 336 g/mol. The standard InChI is InChI=1S/C19H20N4O2/c1-25-18(24)15-13-17-20-10-12-23(17)19(21-15)22-11-6-5-9-16(22)14-7-3-2-4-8-14/h2-4,7-8,10,12-13,16H,5-6,9,11H2,1H3/t16-/m0/s1. The summed E-state index contributed by atoms with van der Waals surface area (Å²) in [5.74, 6) is 0.295. The van der Waals surface area contributed by atoms with E-state index in [1.165, 1.54) is 19.1 Å². The van der Waals surface area contributed by atoms with Gasteiger partial charge in [-0.2, -0.15) is 0 Å². The van der Waals surface area contributed by atoms with Crippen LogP contribution in [0.2, 0.25) is 0 Å². The molecule has 0 bridgehead atoms. The fourth-order valence-electron chi connectivity index (χ4n) is 3.51. The van der Waals surface area contributed by atoms with Crippen LogP contribution < -0.4 is 4.90 Å². The number of hydrogen-bond donors (Lipinski definition) is 0. The van der Waals surface area contributed by atoms with Gasteiger partial charge in [-0.25, -0.2) is 14.8 Å². The van der Waals surface area contributed by atoms with Gasteiger partial charge < -0.3 is 9.64 Å². The molecule has 3 aromatic rings. The molecule has 1 aliphatic heterocycles. The second-order valence-electron chi connectivity index (χ2n) is 6.20. The number of esters is 1. The van der Waals surface area contributed by atoms with Crippen molar-refractivity contribution in [2.45, 2.75) is 25.3 Å². The van der Waals surface area contributed by atoms with Gasteiger partial charge in [-0.1, -0.05) is 30.3 Å². The van der Waals surface area contributed by atoms with Crippen LogP contribution in [-0.4, -0.2) is 34.0 Å². The topological polar surface area (TPSA) is 59.7 Å². The highest BCUT2D eigenvalue weighted by molar-refractivity contribution is 5.88. The predicted octanol–water partition coefficient (Wildman–Crippen LogP) is 3.25. The van der Waals surface area contributed by atoms with Crippen LogP contribution in [-0.2, 0) is 4.74 Å². The Kier molecular flexibility index (Phi) is 4.09. The van der Waals surface area contributed by atoms with E-state index in [2.05, 4.69) is 39.1 Å². The lowest BCUT2D eigenvalue weighted by molar-refractivity contribution is 0.0594. The number of methoxy groups -OCH3 is 1. The molecule has 1 saturated heterocycles. The van der Waals surface area contributed by atoms with E-state index in [1.807, 2.05) is 16.7 Å². The highest BCUT2D eigenvalue weighted by Crippen LogP contribution is 2.34. The molecule has 0 saturated carbocycles. The van der Waals surface area contributed by atoms with Crippen molar-refractivity contribution in [1.82, 2.24) is 14.4 Å². The van der Waals surface area contributed by atoms with E-state index >= 15 is 0 Å². The van der Waals surface area contributed by atoms with Crippen LogP contribution in [0.4, 0.5) is 5.95 Å². The SMILES string of the molecule is COC(=O)c1cc2nccn2c(N2CCCC[C@H]2c2ccccc2)n1. The number of piperidine rings is 1. The minimum Gasteiger partial charge on any atom is -0.464 e. The number of aromatic nitrogens is 3. The van der Waals surface area contributed by atoms with E-state index in [9.17, 15) is 4.79 Å². The highest BCUT2D eigenvalue weighted by Gasteiger charge is 2.28. The fraction of sp³-hybridized carbons (Fsp3) is 0.316. The molecule has 6 nitrogen and oxygen atoms in total. The molecule has 1 fully saturated rings. The number of rotatable bonds is 3. The third kappa shape index (κ3) is 2.84. The van der Waals surface area contributed by atoms with Crippen LogP contribution in [0.25, 0.3) is 5.65 Å². The minimum absolute atomic E-state index is 0.237. The number of nitrogens with zero attached hydrogens (tertiary/aromatic N) is 4. The molecule has 25 heavy (non-hydrogen) atoms. The maximum absolute atomic E-state index is 12.0. The molecule has 0 aliphatic carbocycles. The van der Waals surface area contributed by atoms with E-state index in [0.717, 1.165) is 25.3 Å². The maximum atomic E-state index is 12.0. The van der Waals surface area contributed by atoms with Crippen molar-refractivity contribution in [3.63, 3.8) is 0 Å². The van der Waals surface area contributed by atoms with Crippen LogP contribution in [0.5, 0.6) is 0 Å². The van der Waals surface area contributed by atoms with Gasteiger partial charge in [0.15, 0.2) is 5.69 Å². The fourth-order valence-corrected chi connectivity index (χ4v) is 3.51. The van der Waals surface area contributed by atoms with Gasteiger partial charge in [-0.3, -0.25) is 4.40 Å². The molecule has 1 aromatic carbocycles. The van der Waals surface area contributed by atoms with Crippen LogP contribution in [0, 0.1) is 0 Å². The Labute approximate surface area is 146 Å². The van der Waals surface area contributed by atoms with Crippen molar-refractivity contribution in [2.24, 2.45) is 0 Å². The number of hydrogen-bond acceptors (Lipinski definition) is 5. The Hall–Kier alpha value is -2.89. The van der Waals surface area contributed by atoms with Crippen LogP contribution in [0.3, 0.4) is 0 Å². The Morgan fingerprint density at radius 2 is 2.08 bits per heavy atom. The van der Waals surface area contributed by atoms with Gasteiger partial charge in [0.25, 0.3) is 0 Å². The lowest BCUT2D eigenvalue weighted by Gasteiger charge is -2.37. The smallest absolute Gasteiger partial charge is 0.356 e. The van der Waals surface area contributed by atoms with Crippen molar-refractivity contribution in [3.05, 3.63) is 60.0 Å². The second kappa shape index (κ2) is 6.55. The molecule has 6 heteroatoms. The lowest BCUT2D eigenvalue weighted by Crippen LogP contribution is -2.35. The number of imidazole rings is 1. The summed E-state index contributed by atoms with van der Waals surface area (Å²) in [6.07, 6.45) is 6.95. The zero-order valence-electron chi connectivity index (χ0n) is 14.1. The largest absolute Gasteiger partial charge is 0.464 e. The zero-order valence-corrected chi connectivity index (χ0v) is 14.1. The summed E-state index contributed by atoms with van der Waals surface area (Å²) in [4.78, 5) is 23.3. The van der Waals surface area contributed by atoms with Gasteiger partial charge in [-0.15, -0.1) is 0 Å². The number of carbonyl (C=O) groups excluding carboxylic acids is 1. The number of ether oxygens (including phenoxy) is 1. The zero-order chi connectivity index (χ0) is 17.2. The van der Waals surface area contributed by atoms with E-state index in [4.69, 9.17) is 4.74 Å². The molecule has 1 aliphatic rings. The number of benzene rings is 1. The first-order valence-corrected chi connectivity index (χ1v) is 8.52. The van der Waals surface area contributed by atoms with Crippen LogP contribution in [0.1, 0.15) is 41.4 Å². The third-order valence-corrected chi connectivity index (χ3v) is 4.71. The van der Waals surface area contributed by atoms with E-state index in [-0.39, 0.29) is 11.7 Å². The average molecular weight is 336 g/mol. The molecule has 0 N–H and O–H groups in total. The van der Waals surface area contributed by atoms with Crippen molar-refractivity contribution in [3.8, 4) is 0 Å². The van der Waals surface area contributed by atoms with Crippen molar-refractivity contribution >= 4 is 17.6 Å². The molecule has 128 valence electrons. The Balaban J connectivity index is 1.83. The molecule has 3 heterocycles. The van der Waals surface area contributed by atoms with Crippen LogP contribution in [0.15, 0.2) is 48.8 Å². The molecule has 0 amide bonds. The maximum Gasteiger partial charge on any atom is 0.356 e. The summed E-state index contributed by atoms with van der Waals surface area (Å²) >= 11 is 0. The first kappa shape index (κ1) is 15.6. The number of anilines is 1. The van der Waals surface area contributed by atoms with Gasteiger partial charge in [0.2, 0.25) is 5.95 Å². The van der Waals surface area contributed by atoms with Gasteiger partial charge in [0, 0.05) is 25.0 Å². The van der Waals surface area contributed by atoms with E-state index in [1.54, 1.807) is 12.3 Å². The summed E-state index contributed by atoms with van der Waals surface area (Å²) < 4.78 is 6.80. The van der Waals surface area contributed by atoms with Crippen molar-refractivity contribution in [1.29, 1.82) is 0 Å². The molecule has 0 radical (unpaired) electrons. The predicted molar refractivity (Wildman–Crippen MR) is 94.7 cm³/mol. The van der Waals surface area contributed by atoms with E-state index in [0.29, 0.717) is 5.65 Å². The summed E-state index contributed by atoms with van der Waals surface area (Å²) in [5, 5.41) is 0. The number of fused-ring (bicyclic) bond motifs is 1. The summed E-state index contributed by atoms with van der Waals surface area (Å²) in [6.45, 7) is 0.893. The highest BCUT2D eigenvalue weighted by atomic mass is 16.5. The summed E-state index contributed by atoms with van der Waals surface area (Å²) in [6, 6.07) is 12.4. The molecule has 0 unspecified atom stereocenters. The quantitative estimate of drug-likeness (QED) is 0.687. The minimum atomic E-state index is -0.444. The Morgan fingerprint density at radius 3 is 2.88 bits per heavy atom. The lowest BCUT2D eigenvalue weighted by atomic mass is 9.95. The van der Waals surface area contributed by atoms with E-state index < -0.39 is 5.97 Å². The second-order valence-corrected chi connectivity index (χ2v) is 6.20. The molecule has 4 rings (SSSR count). The van der Waals surface area contributed by atoms with Crippen LogP contribution >= 0.6 is 0 Å². The molecule has 1 atom stereocenters. The van der Waals surface area contributed by atoms with Gasteiger partial charge >= 0.3 is 5.97 Å². The van der Waals surface area contributed by atoms with Crippen molar-refractivity contribution < 1.29 is 9.53 Å². The summed E-state index contributed by atoms with van der Waals surface area (Å²) in [5.41, 5.74) is 2.25. The van der Waals surface area contributed by atoms with Gasteiger partial charge in [-0.05, 0) is 24.8 Å². The van der Waals surface area contributed by atoms with Crippen molar-refractivity contribution in [2.75, 3.05) is 18.6 Å². The third-order valence-electron chi connectivity index (χ3n) is 4.71.